The van der Waals surface area contributed by atoms with Gasteiger partial charge in [0.05, 0.1) is 0 Å². The second kappa shape index (κ2) is 6.48. The van der Waals surface area contributed by atoms with Gasteiger partial charge < -0.3 is 14.9 Å². The van der Waals surface area contributed by atoms with Crippen LogP contribution in [0.4, 0.5) is 0 Å². The van der Waals surface area contributed by atoms with Gasteiger partial charge in [-0.05, 0) is 32.6 Å². The highest BCUT2D eigenvalue weighted by Crippen LogP contribution is 2.31. The molecule has 1 fully saturated rings. The molecule has 1 aliphatic heterocycles. The van der Waals surface area contributed by atoms with Crippen LogP contribution in [0.3, 0.4) is 0 Å². The third kappa shape index (κ3) is 3.15. The van der Waals surface area contributed by atoms with Crippen molar-refractivity contribution in [3.05, 3.63) is 17.1 Å². The molecular weight excluding hydrogens is 292 g/mol. The van der Waals surface area contributed by atoms with Crippen LogP contribution in [0.1, 0.15) is 29.9 Å². The first-order chi connectivity index (χ1) is 9.91. The van der Waals surface area contributed by atoms with Gasteiger partial charge in [-0.2, -0.15) is 4.31 Å². The van der Waals surface area contributed by atoms with Crippen molar-refractivity contribution in [1.82, 2.24) is 4.31 Å². The van der Waals surface area contributed by atoms with Crippen LogP contribution >= 0.6 is 0 Å². The highest BCUT2D eigenvalue weighted by Gasteiger charge is 2.34. The lowest BCUT2D eigenvalue weighted by molar-refractivity contribution is 0.121. The molecule has 0 atom stereocenters. The molecule has 0 unspecified atom stereocenters. The predicted octanol–water partition coefficient (Wildman–Crippen LogP) is 1.40. The summed E-state index contributed by atoms with van der Waals surface area (Å²) in [6.07, 6.45) is 1.64. The maximum atomic E-state index is 12.8. The molecule has 120 valence electrons. The molecule has 1 aliphatic rings. The number of piperidine rings is 1. The molecule has 0 spiro atoms. The summed E-state index contributed by atoms with van der Waals surface area (Å²) in [6.45, 7) is 5.31. The minimum Gasteiger partial charge on any atom is -0.465 e. The van der Waals surface area contributed by atoms with E-state index in [1.54, 1.807) is 21.0 Å². The van der Waals surface area contributed by atoms with Gasteiger partial charge in [0.1, 0.15) is 16.4 Å². The van der Waals surface area contributed by atoms with Gasteiger partial charge in [0.15, 0.2) is 0 Å². The third-order valence-electron chi connectivity index (χ3n) is 4.10. The number of nitrogens with two attached hydrogens (primary N) is 1. The van der Waals surface area contributed by atoms with Crippen molar-refractivity contribution in [2.75, 3.05) is 26.8 Å². The van der Waals surface area contributed by atoms with Crippen molar-refractivity contribution < 1.29 is 17.6 Å². The fourth-order valence-electron chi connectivity index (χ4n) is 2.96. The van der Waals surface area contributed by atoms with Gasteiger partial charge in [0.2, 0.25) is 10.0 Å². The first kappa shape index (κ1) is 16.5. The summed E-state index contributed by atoms with van der Waals surface area (Å²) in [5.74, 6) is 1.44. The van der Waals surface area contributed by atoms with Crippen LogP contribution in [0.5, 0.6) is 0 Å². The quantitative estimate of drug-likeness (QED) is 0.887. The summed E-state index contributed by atoms with van der Waals surface area (Å²) in [7, 11) is -1.86. The normalized spacial score (nSPS) is 18.3. The molecule has 2 N–H and O–H groups in total. The molecule has 21 heavy (non-hydrogen) atoms. The SMILES string of the molecule is COCC1CCN(S(=O)(=O)c2c(C)oc(C)c2CN)CC1. The van der Waals surface area contributed by atoms with E-state index in [9.17, 15) is 8.42 Å². The van der Waals surface area contributed by atoms with E-state index in [0.717, 1.165) is 12.8 Å². The first-order valence-corrected chi connectivity index (χ1v) is 8.63. The van der Waals surface area contributed by atoms with Crippen LogP contribution in [-0.2, 0) is 21.3 Å². The number of sulfonamides is 1. The van der Waals surface area contributed by atoms with Gasteiger partial charge >= 0.3 is 0 Å². The van der Waals surface area contributed by atoms with Crippen molar-refractivity contribution >= 4 is 10.0 Å². The Kier molecular flexibility index (Phi) is 5.08. The molecule has 0 amide bonds. The van der Waals surface area contributed by atoms with E-state index in [0.29, 0.717) is 42.7 Å². The zero-order valence-corrected chi connectivity index (χ0v) is 13.7. The molecule has 2 rings (SSSR count). The summed E-state index contributed by atoms with van der Waals surface area (Å²) in [6, 6.07) is 0. The molecule has 6 nitrogen and oxygen atoms in total. The summed E-state index contributed by atoms with van der Waals surface area (Å²) >= 11 is 0. The van der Waals surface area contributed by atoms with Crippen molar-refractivity contribution in [2.24, 2.45) is 11.7 Å². The Hall–Kier alpha value is -0.890. The van der Waals surface area contributed by atoms with Crippen LogP contribution in [0.2, 0.25) is 0 Å². The number of rotatable bonds is 5. The fraction of sp³-hybridized carbons (Fsp3) is 0.714. The average Bonchev–Trinajstić information content (AvgIpc) is 2.74. The van der Waals surface area contributed by atoms with Gasteiger partial charge in [-0.25, -0.2) is 8.42 Å². The van der Waals surface area contributed by atoms with Crippen LogP contribution < -0.4 is 5.73 Å². The zero-order valence-electron chi connectivity index (χ0n) is 12.9. The van der Waals surface area contributed by atoms with E-state index in [2.05, 4.69) is 0 Å². The monoisotopic (exact) mass is 316 g/mol. The standard InChI is InChI=1S/C14H24N2O4S/c1-10-13(8-15)14(11(2)20-10)21(17,18)16-6-4-12(5-7-16)9-19-3/h12H,4-9,15H2,1-3H3. The largest absolute Gasteiger partial charge is 0.465 e. The molecule has 1 saturated heterocycles. The van der Waals surface area contributed by atoms with Crippen LogP contribution in [-0.4, -0.2) is 39.5 Å². The van der Waals surface area contributed by atoms with E-state index in [1.165, 1.54) is 4.31 Å². The number of ether oxygens (including phenoxy) is 1. The van der Waals surface area contributed by atoms with E-state index in [4.69, 9.17) is 14.9 Å². The van der Waals surface area contributed by atoms with E-state index in [1.807, 2.05) is 0 Å². The Labute approximate surface area is 126 Å². The van der Waals surface area contributed by atoms with Gasteiger partial charge in [0, 0.05) is 38.9 Å². The van der Waals surface area contributed by atoms with Crippen LogP contribution in [0.15, 0.2) is 9.31 Å². The molecule has 0 aromatic carbocycles. The summed E-state index contributed by atoms with van der Waals surface area (Å²) in [4.78, 5) is 0.257. The highest BCUT2D eigenvalue weighted by molar-refractivity contribution is 7.89. The molecule has 0 bridgehead atoms. The fourth-order valence-corrected chi connectivity index (χ4v) is 4.86. The van der Waals surface area contributed by atoms with Crippen LogP contribution in [0.25, 0.3) is 0 Å². The Morgan fingerprint density at radius 3 is 2.43 bits per heavy atom. The van der Waals surface area contributed by atoms with Crippen molar-refractivity contribution in [1.29, 1.82) is 0 Å². The third-order valence-corrected chi connectivity index (χ3v) is 6.20. The molecule has 0 aliphatic carbocycles. The second-order valence-electron chi connectivity index (χ2n) is 5.53. The van der Waals surface area contributed by atoms with E-state index in [-0.39, 0.29) is 11.4 Å². The molecule has 7 heteroatoms. The Morgan fingerprint density at radius 1 is 1.29 bits per heavy atom. The number of hydrogen-bond acceptors (Lipinski definition) is 5. The Bertz CT molecular complexity index is 586. The summed E-state index contributed by atoms with van der Waals surface area (Å²) in [5.41, 5.74) is 6.28. The maximum Gasteiger partial charge on any atom is 0.246 e. The van der Waals surface area contributed by atoms with Crippen molar-refractivity contribution in [3.8, 4) is 0 Å². The van der Waals surface area contributed by atoms with E-state index < -0.39 is 10.0 Å². The van der Waals surface area contributed by atoms with Gasteiger partial charge in [0.25, 0.3) is 0 Å². The topological polar surface area (TPSA) is 85.8 Å². The lowest BCUT2D eigenvalue weighted by Gasteiger charge is -2.30. The lowest BCUT2D eigenvalue weighted by atomic mass is 9.99. The molecule has 0 radical (unpaired) electrons. The van der Waals surface area contributed by atoms with E-state index >= 15 is 0 Å². The molecular formula is C14H24N2O4S. The molecule has 0 saturated carbocycles. The predicted molar refractivity (Wildman–Crippen MR) is 79.4 cm³/mol. The second-order valence-corrected chi connectivity index (χ2v) is 7.40. The van der Waals surface area contributed by atoms with Crippen LogP contribution in [0, 0.1) is 19.8 Å². The lowest BCUT2D eigenvalue weighted by Crippen LogP contribution is -2.39. The minimum atomic E-state index is -3.53. The molecule has 1 aromatic heterocycles. The molecule has 1 aromatic rings. The summed E-state index contributed by atoms with van der Waals surface area (Å²) < 4.78 is 37.8. The zero-order chi connectivity index (χ0) is 15.6. The minimum absolute atomic E-state index is 0.165. The number of methoxy groups -OCH3 is 1. The molecule has 2 heterocycles. The number of nitrogens with zero attached hydrogens (tertiary/aromatic N) is 1. The average molecular weight is 316 g/mol. The number of aryl methyl sites for hydroxylation is 2. The van der Waals surface area contributed by atoms with Crippen molar-refractivity contribution in [2.45, 2.75) is 38.1 Å². The smallest absolute Gasteiger partial charge is 0.246 e. The van der Waals surface area contributed by atoms with Gasteiger partial charge in [-0.1, -0.05) is 0 Å². The van der Waals surface area contributed by atoms with Gasteiger partial charge in [-0.15, -0.1) is 0 Å². The maximum absolute atomic E-state index is 12.8. The first-order valence-electron chi connectivity index (χ1n) is 7.19. The number of hydrogen-bond donors (Lipinski definition) is 1. The summed E-state index contributed by atoms with van der Waals surface area (Å²) in [5, 5.41) is 0. The van der Waals surface area contributed by atoms with Crippen molar-refractivity contribution in [3.63, 3.8) is 0 Å². The van der Waals surface area contributed by atoms with Gasteiger partial charge in [-0.3, -0.25) is 0 Å². The Morgan fingerprint density at radius 2 is 1.90 bits per heavy atom. The Balaban J connectivity index is 2.24. The number of furan rings is 1. The highest BCUT2D eigenvalue weighted by atomic mass is 32.2.